The molecule has 0 bridgehead atoms. The Hall–Kier alpha value is -1.83. The van der Waals surface area contributed by atoms with Gasteiger partial charge in [-0.3, -0.25) is 4.79 Å². The zero-order valence-corrected chi connectivity index (χ0v) is 7.86. The van der Waals surface area contributed by atoms with Crippen LogP contribution in [0.3, 0.4) is 0 Å². The highest BCUT2D eigenvalue weighted by Crippen LogP contribution is 2.27. The van der Waals surface area contributed by atoms with Gasteiger partial charge in [0.2, 0.25) is 0 Å². The topological polar surface area (TPSA) is 26.3 Å². The van der Waals surface area contributed by atoms with Crippen molar-refractivity contribution in [2.24, 2.45) is 0 Å². The Bertz CT molecular complexity index is 428. The lowest BCUT2D eigenvalue weighted by atomic mass is 10.1. The molecule has 1 heterocycles. The van der Waals surface area contributed by atoms with Gasteiger partial charge in [-0.1, -0.05) is 18.2 Å². The third-order valence-corrected chi connectivity index (χ3v) is 2.12. The predicted octanol–water partition coefficient (Wildman–Crippen LogP) is 2.57. The summed E-state index contributed by atoms with van der Waals surface area (Å²) in [5, 5.41) is 0. The van der Waals surface area contributed by atoms with Gasteiger partial charge in [-0.25, -0.2) is 0 Å². The van der Waals surface area contributed by atoms with Crippen molar-refractivity contribution in [2.45, 2.75) is 6.92 Å². The van der Waals surface area contributed by atoms with Crippen LogP contribution in [0.2, 0.25) is 0 Å². The van der Waals surface area contributed by atoms with E-state index in [0.29, 0.717) is 11.3 Å². The fourth-order valence-electron chi connectivity index (χ4n) is 1.30. The van der Waals surface area contributed by atoms with Crippen molar-refractivity contribution >= 4 is 12.4 Å². The Labute approximate surface area is 82.5 Å². The molecule has 0 atom stereocenters. The van der Waals surface area contributed by atoms with Crippen LogP contribution < -0.4 is 4.74 Å². The first-order valence-electron chi connectivity index (χ1n) is 4.42. The van der Waals surface area contributed by atoms with Gasteiger partial charge < -0.3 is 4.74 Å². The average Bonchev–Trinajstić information content (AvgIpc) is 2.27. The molecule has 0 radical (unpaired) electrons. The molecule has 0 saturated carbocycles. The van der Waals surface area contributed by atoms with Crippen molar-refractivity contribution in [3.63, 3.8) is 0 Å². The van der Waals surface area contributed by atoms with E-state index in [-0.39, 0.29) is 0 Å². The van der Waals surface area contributed by atoms with Crippen molar-refractivity contribution < 1.29 is 9.53 Å². The second-order valence-corrected chi connectivity index (χ2v) is 3.14. The molecule has 0 unspecified atom stereocenters. The smallest absolute Gasteiger partial charge is 0.149 e. The van der Waals surface area contributed by atoms with Crippen LogP contribution in [-0.2, 0) is 4.79 Å². The quantitative estimate of drug-likeness (QED) is 0.497. The van der Waals surface area contributed by atoms with Gasteiger partial charge in [0, 0.05) is 11.1 Å². The SMILES string of the molecule is C/C(C=O)=C1\C=Cc2ccccc2O1. The molecule has 2 rings (SSSR count). The van der Waals surface area contributed by atoms with E-state index in [1.165, 1.54) is 0 Å². The largest absolute Gasteiger partial charge is 0.456 e. The van der Waals surface area contributed by atoms with E-state index in [1.807, 2.05) is 36.4 Å². The lowest BCUT2D eigenvalue weighted by molar-refractivity contribution is -0.105. The summed E-state index contributed by atoms with van der Waals surface area (Å²) in [7, 11) is 0. The predicted molar refractivity (Wildman–Crippen MR) is 54.9 cm³/mol. The van der Waals surface area contributed by atoms with Gasteiger partial charge in [0.05, 0.1) is 0 Å². The molecule has 0 aliphatic carbocycles. The van der Waals surface area contributed by atoms with Gasteiger partial charge in [0.15, 0.2) is 0 Å². The number of para-hydroxylation sites is 1. The maximum Gasteiger partial charge on any atom is 0.149 e. The van der Waals surface area contributed by atoms with Crippen LogP contribution in [0.5, 0.6) is 5.75 Å². The highest BCUT2D eigenvalue weighted by Gasteiger charge is 2.09. The minimum absolute atomic E-state index is 0.607. The van der Waals surface area contributed by atoms with Crippen molar-refractivity contribution in [3.8, 4) is 5.75 Å². The summed E-state index contributed by atoms with van der Waals surface area (Å²) in [6.45, 7) is 1.74. The minimum atomic E-state index is 0.607. The van der Waals surface area contributed by atoms with Crippen LogP contribution in [-0.4, -0.2) is 6.29 Å². The molecule has 0 fully saturated rings. The number of hydrogen-bond acceptors (Lipinski definition) is 2. The number of fused-ring (bicyclic) bond motifs is 1. The van der Waals surface area contributed by atoms with Crippen LogP contribution >= 0.6 is 0 Å². The van der Waals surface area contributed by atoms with Crippen LogP contribution in [0.25, 0.3) is 6.08 Å². The molecule has 0 amide bonds. The number of carbonyl (C=O) groups is 1. The normalized spacial score (nSPS) is 16.9. The Balaban J connectivity index is 2.44. The second kappa shape index (κ2) is 3.50. The molecule has 1 aliphatic rings. The zero-order valence-electron chi connectivity index (χ0n) is 7.86. The standard InChI is InChI=1S/C12H10O2/c1-9(8-13)11-7-6-10-4-2-3-5-12(10)14-11/h2-8H,1H3/b11-9-. The first-order chi connectivity index (χ1) is 6.81. The van der Waals surface area contributed by atoms with Crippen LogP contribution in [0.15, 0.2) is 41.7 Å². The van der Waals surface area contributed by atoms with Gasteiger partial charge >= 0.3 is 0 Å². The summed E-state index contributed by atoms with van der Waals surface area (Å²) < 4.78 is 5.55. The summed E-state index contributed by atoms with van der Waals surface area (Å²) in [5.74, 6) is 1.42. The van der Waals surface area contributed by atoms with E-state index in [9.17, 15) is 4.79 Å². The molecule has 0 spiro atoms. The Morgan fingerprint density at radius 1 is 1.29 bits per heavy atom. The molecule has 0 N–H and O–H groups in total. The molecule has 1 aromatic carbocycles. The number of hydrogen-bond donors (Lipinski definition) is 0. The Morgan fingerprint density at radius 3 is 2.86 bits per heavy atom. The summed E-state index contributed by atoms with van der Waals surface area (Å²) in [6, 6.07) is 7.72. The molecule has 14 heavy (non-hydrogen) atoms. The molecule has 1 aliphatic heterocycles. The monoisotopic (exact) mass is 186 g/mol. The van der Waals surface area contributed by atoms with Gasteiger partial charge in [0.25, 0.3) is 0 Å². The Kier molecular flexibility index (Phi) is 2.19. The molecule has 0 aromatic heterocycles. The fraction of sp³-hybridized carbons (Fsp3) is 0.0833. The lowest BCUT2D eigenvalue weighted by Gasteiger charge is -2.14. The lowest BCUT2D eigenvalue weighted by Crippen LogP contribution is -2.01. The molecular weight excluding hydrogens is 176 g/mol. The van der Waals surface area contributed by atoms with Crippen molar-refractivity contribution in [3.05, 3.63) is 47.2 Å². The zero-order chi connectivity index (χ0) is 9.97. The molecule has 0 saturated heterocycles. The summed E-state index contributed by atoms with van der Waals surface area (Å²) >= 11 is 0. The highest BCUT2D eigenvalue weighted by molar-refractivity contribution is 5.76. The molecule has 70 valence electrons. The third-order valence-electron chi connectivity index (χ3n) is 2.12. The van der Waals surface area contributed by atoms with E-state index in [2.05, 4.69) is 0 Å². The number of allylic oxidation sites excluding steroid dienone is 2. The van der Waals surface area contributed by atoms with Gasteiger partial charge in [-0.15, -0.1) is 0 Å². The first kappa shape index (κ1) is 8.75. The number of aldehydes is 1. The number of rotatable bonds is 1. The van der Waals surface area contributed by atoms with E-state index in [0.717, 1.165) is 17.6 Å². The maximum absolute atomic E-state index is 10.5. The summed E-state index contributed by atoms with van der Waals surface area (Å²) in [4.78, 5) is 10.5. The summed E-state index contributed by atoms with van der Waals surface area (Å²) in [6.07, 6.45) is 4.56. The first-order valence-corrected chi connectivity index (χ1v) is 4.42. The van der Waals surface area contributed by atoms with Crippen molar-refractivity contribution in [2.75, 3.05) is 0 Å². The van der Waals surface area contributed by atoms with Crippen molar-refractivity contribution in [1.29, 1.82) is 0 Å². The van der Waals surface area contributed by atoms with Crippen LogP contribution in [0.4, 0.5) is 0 Å². The summed E-state index contributed by atoms with van der Waals surface area (Å²) in [5.41, 5.74) is 1.64. The van der Waals surface area contributed by atoms with Crippen molar-refractivity contribution in [1.82, 2.24) is 0 Å². The fourth-order valence-corrected chi connectivity index (χ4v) is 1.30. The van der Waals surface area contributed by atoms with Gasteiger partial charge in [-0.05, 0) is 25.1 Å². The molecule has 1 aromatic rings. The molecular formula is C12H10O2. The van der Waals surface area contributed by atoms with Crippen LogP contribution in [0, 0.1) is 0 Å². The van der Waals surface area contributed by atoms with E-state index < -0.39 is 0 Å². The van der Waals surface area contributed by atoms with E-state index >= 15 is 0 Å². The van der Waals surface area contributed by atoms with Crippen LogP contribution in [0.1, 0.15) is 12.5 Å². The molecule has 2 heteroatoms. The van der Waals surface area contributed by atoms with Gasteiger partial charge in [0.1, 0.15) is 17.8 Å². The molecule has 2 nitrogen and oxygen atoms in total. The van der Waals surface area contributed by atoms with E-state index in [1.54, 1.807) is 6.92 Å². The maximum atomic E-state index is 10.5. The highest BCUT2D eigenvalue weighted by atomic mass is 16.5. The number of ether oxygens (including phenoxy) is 1. The average molecular weight is 186 g/mol. The second-order valence-electron chi connectivity index (χ2n) is 3.14. The number of benzene rings is 1. The Morgan fingerprint density at radius 2 is 2.07 bits per heavy atom. The third kappa shape index (κ3) is 1.46. The van der Waals surface area contributed by atoms with Gasteiger partial charge in [-0.2, -0.15) is 0 Å². The number of carbonyl (C=O) groups excluding carboxylic acids is 1. The van der Waals surface area contributed by atoms with E-state index in [4.69, 9.17) is 4.74 Å². The minimum Gasteiger partial charge on any atom is -0.456 e.